The van der Waals surface area contributed by atoms with Crippen LogP contribution in [0.15, 0.2) is 83.8 Å². The number of carbonyl (C=O) groups excluding carboxylic acids is 2. The SMILES string of the molecule is O=C(CSc1ccc(NC(=O)c2cccc(Cl)c2)cc1)Nc1ccccc1. The first-order valence-corrected chi connectivity index (χ1v) is 9.61. The van der Waals surface area contributed by atoms with Crippen molar-refractivity contribution in [3.05, 3.63) is 89.4 Å². The van der Waals surface area contributed by atoms with Crippen molar-refractivity contribution in [2.75, 3.05) is 16.4 Å². The van der Waals surface area contributed by atoms with Gasteiger partial charge in [0.25, 0.3) is 5.91 Å². The summed E-state index contributed by atoms with van der Waals surface area (Å²) < 4.78 is 0. The second-order valence-corrected chi connectivity index (χ2v) is 7.18. The Morgan fingerprint density at radius 3 is 2.22 bits per heavy atom. The van der Waals surface area contributed by atoms with Crippen LogP contribution in [0.25, 0.3) is 0 Å². The molecule has 0 radical (unpaired) electrons. The molecule has 0 aliphatic heterocycles. The largest absolute Gasteiger partial charge is 0.325 e. The molecular weight excluding hydrogens is 380 g/mol. The molecule has 2 N–H and O–H groups in total. The molecular formula is C21H17ClN2O2S. The normalized spacial score (nSPS) is 10.3. The average Bonchev–Trinajstić information content (AvgIpc) is 2.68. The van der Waals surface area contributed by atoms with E-state index in [1.807, 2.05) is 42.5 Å². The third-order valence-corrected chi connectivity index (χ3v) is 4.87. The van der Waals surface area contributed by atoms with Crippen LogP contribution in [0.3, 0.4) is 0 Å². The molecule has 0 spiro atoms. The minimum Gasteiger partial charge on any atom is -0.325 e. The number of amides is 2. The number of hydrogen-bond donors (Lipinski definition) is 2. The number of anilines is 2. The van der Waals surface area contributed by atoms with Crippen LogP contribution in [0, 0.1) is 0 Å². The molecule has 0 saturated heterocycles. The van der Waals surface area contributed by atoms with Gasteiger partial charge >= 0.3 is 0 Å². The minimum atomic E-state index is -0.222. The number of para-hydroxylation sites is 1. The number of carbonyl (C=O) groups is 2. The molecule has 6 heteroatoms. The van der Waals surface area contributed by atoms with Crippen molar-refractivity contribution < 1.29 is 9.59 Å². The van der Waals surface area contributed by atoms with Crippen LogP contribution in [0.5, 0.6) is 0 Å². The van der Waals surface area contributed by atoms with Crippen LogP contribution in [0.2, 0.25) is 5.02 Å². The Morgan fingerprint density at radius 2 is 1.52 bits per heavy atom. The number of hydrogen-bond acceptors (Lipinski definition) is 3. The summed E-state index contributed by atoms with van der Waals surface area (Å²) in [6, 6.07) is 23.5. The van der Waals surface area contributed by atoms with Gasteiger partial charge in [0, 0.05) is 26.9 Å². The molecule has 3 aromatic carbocycles. The molecule has 0 saturated carbocycles. The molecule has 2 amide bonds. The molecule has 3 rings (SSSR count). The summed E-state index contributed by atoms with van der Waals surface area (Å²) in [7, 11) is 0. The maximum absolute atomic E-state index is 12.2. The van der Waals surface area contributed by atoms with E-state index < -0.39 is 0 Å². The van der Waals surface area contributed by atoms with E-state index in [1.54, 1.807) is 36.4 Å². The van der Waals surface area contributed by atoms with Crippen LogP contribution < -0.4 is 10.6 Å². The Balaban J connectivity index is 1.51. The number of thioether (sulfide) groups is 1. The number of halogens is 1. The number of nitrogens with one attached hydrogen (secondary N) is 2. The lowest BCUT2D eigenvalue weighted by Crippen LogP contribution is -2.13. The Morgan fingerprint density at radius 1 is 0.815 bits per heavy atom. The first kappa shape index (κ1) is 19.0. The van der Waals surface area contributed by atoms with E-state index in [-0.39, 0.29) is 11.8 Å². The molecule has 0 aliphatic rings. The summed E-state index contributed by atoms with van der Waals surface area (Å²) in [5.74, 6) is 0.0213. The topological polar surface area (TPSA) is 58.2 Å². The molecule has 0 aromatic heterocycles. The van der Waals surface area contributed by atoms with Gasteiger partial charge in [0.1, 0.15) is 0 Å². The van der Waals surface area contributed by atoms with Gasteiger partial charge in [-0.05, 0) is 54.6 Å². The Hall–Kier alpha value is -2.76. The fourth-order valence-electron chi connectivity index (χ4n) is 2.33. The lowest BCUT2D eigenvalue weighted by molar-refractivity contribution is -0.113. The van der Waals surface area contributed by atoms with E-state index >= 15 is 0 Å². The van der Waals surface area contributed by atoms with E-state index in [1.165, 1.54) is 11.8 Å². The van der Waals surface area contributed by atoms with E-state index in [0.29, 0.717) is 22.0 Å². The summed E-state index contributed by atoms with van der Waals surface area (Å²) in [6.07, 6.45) is 0. The second kappa shape index (κ2) is 9.26. The third-order valence-electron chi connectivity index (χ3n) is 3.63. The highest BCUT2D eigenvalue weighted by molar-refractivity contribution is 8.00. The van der Waals surface area contributed by atoms with Crippen LogP contribution >= 0.6 is 23.4 Å². The van der Waals surface area contributed by atoms with Gasteiger partial charge in [-0.3, -0.25) is 9.59 Å². The fraction of sp³-hybridized carbons (Fsp3) is 0.0476. The highest BCUT2D eigenvalue weighted by atomic mass is 35.5. The van der Waals surface area contributed by atoms with Crippen molar-refractivity contribution in [2.24, 2.45) is 0 Å². The standard InChI is InChI=1S/C21H17ClN2O2S/c22-16-6-4-5-15(13-16)21(26)24-18-9-11-19(12-10-18)27-14-20(25)23-17-7-2-1-3-8-17/h1-13H,14H2,(H,23,25)(H,24,26). The van der Waals surface area contributed by atoms with E-state index in [2.05, 4.69) is 10.6 Å². The van der Waals surface area contributed by atoms with Gasteiger partial charge in [-0.25, -0.2) is 0 Å². The number of benzene rings is 3. The third kappa shape index (κ3) is 5.88. The summed E-state index contributed by atoms with van der Waals surface area (Å²) >= 11 is 7.34. The minimum absolute atomic E-state index is 0.0652. The van der Waals surface area contributed by atoms with Gasteiger partial charge < -0.3 is 10.6 Å². The summed E-state index contributed by atoms with van der Waals surface area (Å²) in [6.45, 7) is 0. The molecule has 0 atom stereocenters. The van der Waals surface area contributed by atoms with Gasteiger partial charge in [0.2, 0.25) is 5.91 Å². The average molecular weight is 397 g/mol. The molecule has 0 unspecified atom stereocenters. The van der Waals surface area contributed by atoms with Gasteiger partial charge in [0.05, 0.1) is 5.75 Å². The van der Waals surface area contributed by atoms with Gasteiger partial charge in [-0.2, -0.15) is 0 Å². The fourth-order valence-corrected chi connectivity index (χ4v) is 3.22. The molecule has 0 fully saturated rings. The Bertz CT molecular complexity index is 930. The smallest absolute Gasteiger partial charge is 0.255 e. The maximum Gasteiger partial charge on any atom is 0.255 e. The highest BCUT2D eigenvalue weighted by Crippen LogP contribution is 2.21. The molecule has 0 heterocycles. The molecule has 4 nitrogen and oxygen atoms in total. The van der Waals surface area contributed by atoms with Crippen LogP contribution in [0.1, 0.15) is 10.4 Å². The quantitative estimate of drug-likeness (QED) is 0.554. The molecule has 3 aromatic rings. The van der Waals surface area contributed by atoms with Crippen molar-refractivity contribution in [3.63, 3.8) is 0 Å². The van der Waals surface area contributed by atoms with Gasteiger partial charge in [0.15, 0.2) is 0 Å². The van der Waals surface area contributed by atoms with Crippen LogP contribution in [-0.2, 0) is 4.79 Å². The maximum atomic E-state index is 12.2. The van der Waals surface area contributed by atoms with E-state index in [9.17, 15) is 9.59 Å². The van der Waals surface area contributed by atoms with E-state index in [4.69, 9.17) is 11.6 Å². The molecule has 0 aliphatic carbocycles. The van der Waals surface area contributed by atoms with Crippen molar-refractivity contribution in [2.45, 2.75) is 4.90 Å². The summed E-state index contributed by atoms with van der Waals surface area (Å²) in [5, 5.41) is 6.19. The van der Waals surface area contributed by atoms with Crippen molar-refractivity contribution in [3.8, 4) is 0 Å². The van der Waals surface area contributed by atoms with Crippen molar-refractivity contribution >= 4 is 46.6 Å². The Kier molecular flexibility index (Phi) is 6.52. The predicted molar refractivity (Wildman–Crippen MR) is 112 cm³/mol. The number of rotatable bonds is 6. The van der Waals surface area contributed by atoms with Gasteiger partial charge in [-0.15, -0.1) is 11.8 Å². The zero-order valence-electron chi connectivity index (χ0n) is 14.3. The van der Waals surface area contributed by atoms with Crippen molar-refractivity contribution in [1.82, 2.24) is 0 Å². The molecule has 136 valence electrons. The molecule has 27 heavy (non-hydrogen) atoms. The van der Waals surface area contributed by atoms with E-state index in [0.717, 1.165) is 10.6 Å². The van der Waals surface area contributed by atoms with Crippen molar-refractivity contribution in [1.29, 1.82) is 0 Å². The zero-order chi connectivity index (χ0) is 19.1. The molecule has 0 bridgehead atoms. The summed E-state index contributed by atoms with van der Waals surface area (Å²) in [5.41, 5.74) is 1.96. The Labute approximate surface area is 166 Å². The van der Waals surface area contributed by atoms with Gasteiger partial charge in [-0.1, -0.05) is 35.9 Å². The first-order chi connectivity index (χ1) is 13.1. The lowest BCUT2D eigenvalue weighted by atomic mass is 10.2. The predicted octanol–water partition coefficient (Wildman–Crippen LogP) is 5.32. The lowest BCUT2D eigenvalue weighted by Gasteiger charge is -2.07. The monoisotopic (exact) mass is 396 g/mol. The first-order valence-electron chi connectivity index (χ1n) is 8.25. The zero-order valence-corrected chi connectivity index (χ0v) is 15.9. The highest BCUT2D eigenvalue weighted by Gasteiger charge is 2.07. The second-order valence-electron chi connectivity index (χ2n) is 5.69. The summed E-state index contributed by atoms with van der Waals surface area (Å²) in [4.78, 5) is 25.1. The van der Waals surface area contributed by atoms with Crippen LogP contribution in [-0.4, -0.2) is 17.6 Å². The van der Waals surface area contributed by atoms with Crippen LogP contribution in [0.4, 0.5) is 11.4 Å².